The molecule has 1 amide bonds. The van der Waals surface area contributed by atoms with Crippen LogP contribution in [0, 0.1) is 5.92 Å². The standard InChI is InChI=1S/C19H27N5O2.ClH/c1-13(2)18(14-4-6-16(26-3)7-5-14)21-19(25)17-12-24(23-22-17)15-8-10-20-11-9-15;/h4-7,12-13,15,18,20H,8-11H2,1-3H3,(H,21,25);1H. The third-order valence-electron chi connectivity index (χ3n) is 4.85. The van der Waals surface area contributed by atoms with Crippen molar-refractivity contribution < 1.29 is 9.53 Å². The maximum Gasteiger partial charge on any atom is 0.273 e. The molecular formula is C19H28ClN5O2. The average Bonchev–Trinajstić information content (AvgIpc) is 3.17. The monoisotopic (exact) mass is 393 g/mol. The van der Waals surface area contributed by atoms with Crippen LogP contribution in [0.4, 0.5) is 0 Å². The molecular weight excluding hydrogens is 366 g/mol. The van der Waals surface area contributed by atoms with Gasteiger partial charge in [0.1, 0.15) is 5.75 Å². The van der Waals surface area contributed by atoms with Gasteiger partial charge in [0.15, 0.2) is 5.69 Å². The Labute approximate surface area is 166 Å². The van der Waals surface area contributed by atoms with Gasteiger partial charge in [-0.05, 0) is 49.5 Å². The molecule has 1 aromatic heterocycles. The van der Waals surface area contributed by atoms with Gasteiger partial charge in [-0.2, -0.15) is 0 Å². The summed E-state index contributed by atoms with van der Waals surface area (Å²) >= 11 is 0. The summed E-state index contributed by atoms with van der Waals surface area (Å²) in [5.74, 6) is 0.846. The van der Waals surface area contributed by atoms with E-state index in [9.17, 15) is 4.79 Å². The van der Waals surface area contributed by atoms with Crippen LogP contribution in [0.5, 0.6) is 5.75 Å². The normalized spacial score (nSPS) is 15.9. The Morgan fingerprint density at radius 3 is 2.52 bits per heavy atom. The van der Waals surface area contributed by atoms with Crippen molar-refractivity contribution in [2.24, 2.45) is 5.92 Å². The minimum atomic E-state index is -0.195. The largest absolute Gasteiger partial charge is 0.497 e. The highest BCUT2D eigenvalue weighted by molar-refractivity contribution is 5.92. The van der Waals surface area contributed by atoms with Crippen molar-refractivity contribution in [3.63, 3.8) is 0 Å². The van der Waals surface area contributed by atoms with E-state index in [1.54, 1.807) is 13.3 Å². The fraction of sp³-hybridized carbons (Fsp3) is 0.526. The number of hydrogen-bond donors (Lipinski definition) is 2. The maximum atomic E-state index is 12.7. The van der Waals surface area contributed by atoms with Gasteiger partial charge in [-0.15, -0.1) is 17.5 Å². The minimum Gasteiger partial charge on any atom is -0.497 e. The van der Waals surface area contributed by atoms with Gasteiger partial charge in [0.25, 0.3) is 5.91 Å². The molecule has 0 spiro atoms. The molecule has 1 aliphatic rings. The predicted molar refractivity (Wildman–Crippen MR) is 106 cm³/mol. The van der Waals surface area contributed by atoms with Gasteiger partial charge >= 0.3 is 0 Å². The van der Waals surface area contributed by atoms with E-state index in [0.29, 0.717) is 11.7 Å². The molecule has 3 rings (SSSR count). The van der Waals surface area contributed by atoms with Crippen LogP contribution in [0.2, 0.25) is 0 Å². The first-order chi connectivity index (χ1) is 12.6. The van der Waals surface area contributed by atoms with Crippen molar-refractivity contribution in [3.8, 4) is 5.75 Å². The topological polar surface area (TPSA) is 81.1 Å². The first-order valence-corrected chi connectivity index (χ1v) is 9.16. The van der Waals surface area contributed by atoms with Gasteiger partial charge < -0.3 is 15.4 Å². The summed E-state index contributed by atoms with van der Waals surface area (Å²) in [6.07, 6.45) is 3.77. The van der Waals surface area contributed by atoms with Crippen molar-refractivity contribution in [2.45, 2.75) is 38.8 Å². The number of piperidine rings is 1. The summed E-state index contributed by atoms with van der Waals surface area (Å²) in [6, 6.07) is 7.99. The van der Waals surface area contributed by atoms with E-state index < -0.39 is 0 Å². The Morgan fingerprint density at radius 2 is 1.93 bits per heavy atom. The number of benzene rings is 1. The van der Waals surface area contributed by atoms with Gasteiger partial charge in [0.2, 0.25) is 0 Å². The van der Waals surface area contributed by atoms with E-state index in [1.165, 1.54) is 0 Å². The SMILES string of the molecule is COc1ccc(C(NC(=O)c2cn(C3CCNCC3)nn2)C(C)C)cc1.Cl. The van der Waals surface area contributed by atoms with Crippen LogP contribution in [0.25, 0.3) is 0 Å². The molecule has 1 aliphatic heterocycles. The zero-order valence-electron chi connectivity index (χ0n) is 16.0. The number of aromatic nitrogens is 3. The number of nitrogens with zero attached hydrogens (tertiary/aromatic N) is 3. The third-order valence-corrected chi connectivity index (χ3v) is 4.85. The van der Waals surface area contributed by atoms with Crippen molar-refractivity contribution in [2.75, 3.05) is 20.2 Å². The highest BCUT2D eigenvalue weighted by Gasteiger charge is 2.23. The van der Waals surface area contributed by atoms with Crippen LogP contribution in [-0.2, 0) is 0 Å². The second-order valence-corrected chi connectivity index (χ2v) is 7.03. The van der Waals surface area contributed by atoms with Crippen LogP contribution < -0.4 is 15.4 Å². The van der Waals surface area contributed by atoms with Crippen LogP contribution in [0.15, 0.2) is 30.5 Å². The number of halogens is 1. The minimum absolute atomic E-state index is 0. The molecule has 0 bridgehead atoms. The van der Waals surface area contributed by atoms with Gasteiger partial charge in [0.05, 0.1) is 25.4 Å². The lowest BCUT2D eigenvalue weighted by Gasteiger charge is -2.23. The molecule has 1 atom stereocenters. The summed E-state index contributed by atoms with van der Waals surface area (Å²) in [7, 11) is 1.64. The molecule has 1 fully saturated rings. The molecule has 8 heteroatoms. The summed E-state index contributed by atoms with van der Waals surface area (Å²) in [6.45, 7) is 6.11. The highest BCUT2D eigenvalue weighted by atomic mass is 35.5. The number of hydrogen-bond acceptors (Lipinski definition) is 5. The van der Waals surface area contributed by atoms with Crippen molar-refractivity contribution in [1.29, 1.82) is 0 Å². The molecule has 1 unspecified atom stereocenters. The van der Waals surface area contributed by atoms with Gasteiger partial charge in [-0.3, -0.25) is 4.79 Å². The number of rotatable bonds is 6. The molecule has 2 N–H and O–H groups in total. The zero-order valence-corrected chi connectivity index (χ0v) is 16.8. The molecule has 1 aromatic carbocycles. The lowest BCUT2D eigenvalue weighted by atomic mass is 9.96. The Balaban J connectivity index is 0.00000261. The van der Waals surface area contributed by atoms with Crippen molar-refractivity contribution >= 4 is 18.3 Å². The molecule has 1 saturated heterocycles. The number of carbonyl (C=O) groups is 1. The average molecular weight is 394 g/mol. The third kappa shape index (κ3) is 5.20. The second-order valence-electron chi connectivity index (χ2n) is 7.03. The maximum absolute atomic E-state index is 12.7. The summed E-state index contributed by atoms with van der Waals surface area (Å²) in [5, 5.41) is 14.7. The van der Waals surface area contributed by atoms with E-state index in [-0.39, 0.29) is 30.3 Å². The van der Waals surface area contributed by atoms with Crippen molar-refractivity contribution in [3.05, 3.63) is 41.7 Å². The van der Waals surface area contributed by atoms with Gasteiger partial charge in [-0.25, -0.2) is 4.68 Å². The van der Waals surface area contributed by atoms with Crippen LogP contribution in [0.1, 0.15) is 54.8 Å². The van der Waals surface area contributed by atoms with Crippen LogP contribution >= 0.6 is 12.4 Å². The fourth-order valence-electron chi connectivity index (χ4n) is 3.29. The Hall–Kier alpha value is -2.12. The number of nitrogens with one attached hydrogen (secondary N) is 2. The second kappa shape index (κ2) is 9.71. The van der Waals surface area contributed by atoms with E-state index in [4.69, 9.17) is 4.74 Å². The van der Waals surface area contributed by atoms with Gasteiger partial charge in [0, 0.05) is 0 Å². The molecule has 2 aromatic rings. The molecule has 0 saturated carbocycles. The number of amides is 1. The van der Waals surface area contributed by atoms with Crippen LogP contribution in [-0.4, -0.2) is 41.1 Å². The molecule has 27 heavy (non-hydrogen) atoms. The Kier molecular flexibility index (Phi) is 7.62. The quantitative estimate of drug-likeness (QED) is 0.788. The molecule has 148 valence electrons. The summed E-state index contributed by atoms with van der Waals surface area (Å²) in [4.78, 5) is 12.7. The smallest absolute Gasteiger partial charge is 0.273 e. The Bertz CT molecular complexity index is 726. The molecule has 7 nitrogen and oxygen atoms in total. The van der Waals surface area contributed by atoms with Crippen LogP contribution in [0.3, 0.4) is 0 Å². The van der Waals surface area contributed by atoms with E-state index >= 15 is 0 Å². The zero-order chi connectivity index (χ0) is 18.5. The number of carbonyl (C=O) groups excluding carboxylic acids is 1. The van der Waals surface area contributed by atoms with E-state index in [2.05, 4.69) is 34.8 Å². The Morgan fingerprint density at radius 1 is 1.26 bits per heavy atom. The molecule has 0 radical (unpaired) electrons. The predicted octanol–water partition coefficient (Wildman–Crippen LogP) is 2.76. The number of methoxy groups -OCH3 is 1. The molecule has 2 heterocycles. The fourth-order valence-corrected chi connectivity index (χ4v) is 3.29. The van der Waals surface area contributed by atoms with Gasteiger partial charge in [-0.1, -0.05) is 31.2 Å². The summed E-state index contributed by atoms with van der Waals surface area (Å²) < 4.78 is 7.03. The summed E-state index contributed by atoms with van der Waals surface area (Å²) in [5.41, 5.74) is 1.41. The van der Waals surface area contributed by atoms with Crippen molar-refractivity contribution in [1.82, 2.24) is 25.6 Å². The van der Waals surface area contributed by atoms with E-state index in [1.807, 2.05) is 28.9 Å². The first kappa shape index (κ1) is 21.2. The number of ether oxygens (including phenoxy) is 1. The van der Waals surface area contributed by atoms with E-state index in [0.717, 1.165) is 37.2 Å². The highest BCUT2D eigenvalue weighted by Crippen LogP contribution is 2.24. The first-order valence-electron chi connectivity index (χ1n) is 9.16. The lowest BCUT2D eigenvalue weighted by Crippen LogP contribution is -2.32. The lowest BCUT2D eigenvalue weighted by molar-refractivity contribution is 0.0920. The molecule has 0 aliphatic carbocycles.